The Labute approximate surface area is 134 Å². The number of para-hydroxylation sites is 2. The van der Waals surface area contributed by atoms with E-state index in [-0.39, 0.29) is 0 Å². The molecule has 0 saturated carbocycles. The summed E-state index contributed by atoms with van der Waals surface area (Å²) in [7, 11) is 0. The Morgan fingerprint density at radius 3 is 2.35 bits per heavy atom. The Kier molecular flexibility index (Phi) is 4.74. The van der Waals surface area contributed by atoms with E-state index in [4.69, 9.17) is 13.9 Å². The van der Waals surface area contributed by atoms with Gasteiger partial charge in [0, 0.05) is 0 Å². The normalized spacial score (nSPS) is 10.3. The number of hydrogen-bond donors (Lipinski definition) is 0. The maximum absolute atomic E-state index is 10.7. The molecule has 0 aliphatic carbocycles. The first-order valence-electron chi connectivity index (χ1n) is 7.32. The predicted octanol–water partition coefficient (Wildman–Crippen LogP) is 4.22. The van der Waals surface area contributed by atoms with Gasteiger partial charge in [0.2, 0.25) is 0 Å². The molecular weight excluding hydrogens is 292 g/mol. The number of furan rings is 1. The van der Waals surface area contributed by atoms with Crippen molar-refractivity contribution in [3.63, 3.8) is 0 Å². The molecular formula is C19H16O4. The summed E-state index contributed by atoms with van der Waals surface area (Å²) in [5.41, 5.74) is 0.806. The van der Waals surface area contributed by atoms with Crippen LogP contribution in [0.4, 0.5) is 0 Å². The van der Waals surface area contributed by atoms with Crippen molar-refractivity contribution in [2.45, 2.75) is 0 Å². The zero-order chi connectivity index (χ0) is 15.9. The topological polar surface area (TPSA) is 48.7 Å². The van der Waals surface area contributed by atoms with Crippen LogP contribution in [-0.4, -0.2) is 19.5 Å². The van der Waals surface area contributed by atoms with Crippen LogP contribution in [0.1, 0.15) is 10.6 Å². The molecule has 23 heavy (non-hydrogen) atoms. The monoisotopic (exact) mass is 308 g/mol. The van der Waals surface area contributed by atoms with E-state index in [2.05, 4.69) is 0 Å². The van der Waals surface area contributed by atoms with E-state index in [1.54, 1.807) is 12.1 Å². The van der Waals surface area contributed by atoms with Crippen LogP contribution in [-0.2, 0) is 0 Å². The summed E-state index contributed by atoms with van der Waals surface area (Å²) in [5, 5.41) is 0. The van der Waals surface area contributed by atoms with Gasteiger partial charge < -0.3 is 13.9 Å². The number of aldehydes is 1. The summed E-state index contributed by atoms with van der Waals surface area (Å²) in [5.74, 6) is 2.40. The van der Waals surface area contributed by atoms with Crippen molar-refractivity contribution in [1.29, 1.82) is 0 Å². The average Bonchev–Trinajstić information content (AvgIpc) is 3.09. The molecule has 0 radical (unpaired) electrons. The third-order valence-electron chi connectivity index (χ3n) is 3.25. The van der Waals surface area contributed by atoms with Gasteiger partial charge in [-0.15, -0.1) is 0 Å². The highest BCUT2D eigenvalue weighted by atomic mass is 16.5. The second-order valence-electron chi connectivity index (χ2n) is 4.83. The molecule has 0 amide bonds. The van der Waals surface area contributed by atoms with Crippen molar-refractivity contribution in [2.75, 3.05) is 13.2 Å². The summed E-state index contributed by atoms with van der Waals surface area (Å²) in [6.45, 7) is 0.850. The van der Waals surface area contributed by atoms with Gasteiger partial charge in [-0.2, -0.15) is 0 Å². The minimum absolute atomic E-state index is 0.294. The van der Waals surface area contributed by atoms with Crippen molar-refractivity contribution >= 4 is 6.29 Å². The van der Waals surface area contributed by atoms with Gasteiger partial charge in [-0.3, -0.25) is 4.79 Å². The molecule has 0 N–H and O–H groups in total. The lowest BCUT2D eigenvalue weighted by atomic mass is 10.1. The molecule has 4 nitrogen and oxygen atoms in total. The second kappa shape index (κ2) is 7.31. The summed E-state index contributed by atoms with van der Waals surface area (Å²) in [4.78, 5) is 10.7. The van der Waals surface area contributed by atoms with Crippen molar-refractivity contribution in [3.8, 4) is 22.8 Å². The van der Waals surface area contributed by atoms with Crippen molar-refractivity contribution in [2.24, 2.45) is 0 Å². The first-order chi connectivity index (χ1) is 11.4. The van der Waals surface area contributed by atoms with Crippen LogP contribution in [0.3, 0.4) is 0 Å². The molecule has 0 spiro atoms. The Morgan fingerprint density at radius 2 is 1.57 bits per heavy atom. The van der Waals surface area contributed by atoms with Gasteiger partial charge in [0.05, 0.1) is 5.56 Å². The summed E-state index contributed by atoms with van der Waals surface area (Å²) in [6.07, 6.45) is 0.681. The highest BCUT2D eigenvalue weighted by molar-refractivity contribution is 5.74. The number of hydrogen-bond acceptors (Lipinski definition) is 4. The molecule has 0 atom stereocenters. The fourth-order valence-corrected chi connectivity index (χ4v) is 2.18. The van der Waals surface area contributed by atoms with Crippen molar-refractivity contribution < 1.29 is 18.7 Å². The van der Waals surface area contributed by atoms with Crippen LogP contribution < -0.4 is 9.47 Å². The van der Waals surface area contributed by atoms with Gasteiger partial charge >= 0.3 is 0 Å². The Morgan fingerprint density at radius 1 is 0.826 bits per heavy atom. The number of ether oxygens (including phenoxy) is 2. The van der Waals surface area contributed by atoms with Crippen LogP contribution in [0.15, 0.2) is 71.1 Å². The van der Waals surface area contributed by atoms with Gasteiger partial charge in [0.1, 0.15) is 30.5 Å². The number of benzene rings is 2. The first kappa shape index (κ1) is 14.9. The molecule has 0 fully saturated rings. The maximum Gasteiger partial charge on any atom is 0.185 e. The summed E-state index contributed by atoms with van der Waals surface area (Å²) < 4.78 is 16.8. The van der Waals surface area contributed by atoms with Crippen LogP contribution in [0.25, 0.3) is 11.3 Å². The fourth-order valence-electron chi connectivity index (χ4n) is 2.18. The molecule has 4 heteroatoms. The highest BCUT2D eigenvalue weighted by Gasteiger charge is 2.10. The van der Waals surface area contributed by atoms with Gasteiger partial charge in [-0.25, -0.2) is 0 Å². The van der Waals surface area contributed by atoms with Gasteiger partial charge in [-0.1, -0.05) is 30.3 Å². The van der Waals surface area contributed by atoms with E-state index in [1.165, 1.54) is 0 Å². The van der Waals surface area contributed by atoms with E-state index >= 15 is 0 Å². The largest absolute Gasteiger partial charge is 0.490 e. The van der Waals surface area contributed by atoms with Crippen LogP contribution in [0.5, 0.6) is 11.5 Å². The molecule has 1 aromatic heterocycles. The average molecular weight is 308 g/mol. The van der Waals surface area contributed by atoms with Crippen molar-refractivity contribution in [1.82, 2.24) is 0 Å². The smallest absolute Gasteiger partial charge is 0.185 e. The lowest BCUT2D eigenvalue weighted by Gasteiger charge is -2.11. The zero-order valence-electron chi connectivity index (χ0n) is 12.5. The molecule has 0 unspecified atom stereocenters. The SMILES string of the molecule is O=Cc1ccc(-c2ccccc2OCCOc2ccccc2)o1. The van der Waals surface area contributed by atoms with E-state index in [0.717, 1.165) is 11.3 Å². The third-order valence-corrected chi connectivity index (χ3v) is 3.25. The molecule has 3 rings (SSSR count). The van der Waals surface area contributed by atoms with E-state index in [0.29, 0.717) is 36.8 Å². The van der Waals surface area contributed by atoms with Crippen LogP contribution >= 0.6 is 0 Å². The Bertz CT molecular complexity index is 762. The van der Waals surface area contributed by atoms with Gasteiger partial charge in [0.15, 0.2) is 12.0 Å². The predicted molar refractivity (Wildman–Crippen MR) is 87.0 cm³/mol. The molecule has 0 aliphatic rings. The van der Waals surface area contributed by atoms with E-state index in [9.17, 15) is 4.79 Å². The molecule has 0 aliphatic heterocycles. The molecule has 116 valence electrons. The fraction of sp³-hybridized carbons (Fsp3) is 0.105. The van der Waals surface area contributed by atoms with Crippen LogP contribution in [0.2, 0.25) is 0 Å². The van der Waals surface area contributed by atoms with Crippen LogP contribution in [0, 0.1) is 0 Å². The highest BCUT2D eigenvalue weighted by Crippen LogP contribution is 2.30. The van der Waals surface area contributed by atoms with Crippen molar-refractivity contribution in [3.05, 3.63) is 72.5 Å². The lowest BCUT2D eigenvalue weighted by Crippen LogP contribution is -2.09. The molecule has 2 aromatic carbocycles. The standard InChI is InChI=1S/C19H16O4/c20-14-16-10-11-19(23-16)17-8-4-5-9-18(17)22-13-12-21-15-6-2-1-3-7-15/h1-11,14H,12-13H2. The molecule has 0 saturated heterocycles. The molecule has 0 bridgehead atoms. The maximum atomic E-state index is 10.7. The zero-order valence-corrected chi connectivity index (χ0v) is 12.5. The van der Waals surface area contributed by atoms with E-state index in [1.807, 2.05) is 54.6 Å². The summed E-state index contributed by atoms with van der Waals surface area (Å²) in [6, 6.07) is 20.5. The minimum atomic E-state index is 0.294. The lowest BCUT2D eigenvalue weighted by molar-refractivity contribution is 0.110. The van der Waals surface area contributed by atoms with E-state index < -0.39 is 0 Å². The second-order valence-corrected chi connectivity index (χ2v) is 4.83. The third kappa shape index (κ3) is 3.80. The van der Waals surface area contributed by atoms with Gasteiger partial charge in [0.25, 0.3) is 0 Å². The molecule has 3 aromatic rings. The Balaban J connectivity index is 1.63. The molecule has 1 heterocycles. The first-order valence-corrected chi connectivity index (χ1v) is 7.32. The quantitative estimate of drug-likeness (QED) is 0.484. The van der Waals surface area contributed by atoms with Gasteiger partial charge in [-0.05, 0) is 36.4 Å². The number of rotatable bonds is 7. The number of carbonyl (C=O) groups is 1. The Hall–Kier alpha value is -3.01. The minimum Gasteiger partial charge on any atom is -0.490 e. The number of carbonyl (C=O) groups excluding carboxylic acids is 1. The summed E-state index contributed by atoms with van der Waals surface area (Å²) >= 11 is 0.